The molecule has 0 radical (unpaired) electrons. The number of benzene rings is 1. The highest BCUT2D eigenvalue weighted by Gasteiger charge is 2.43. The average molecular weight is 416 g/mol. The maximum atomic E-state index is 10.6. The van der Waals surface area contributed by atoms with Gasteiger partial charge in [-0.05, 0) is 36.6 Å². The number of H-pyrrole nitrogens is 1. The molecule has 1 aliphatic heterocycles. The van der Waals surface area contributed by atoms with E-state index in [1.54, 1.807) is 23.2 Å². The molecule has 4 aromatic heterocycles. The van der Waals surface area contributed by atoms with Gasteiger partial charge >= 0.3 is 0 Å². The second-order valence-corrected chi connectivity index (χ2v) is 7.93. The van der Waals surface area contributed by atoms with Gasteiger partial charge in [-0.3, -0.25) is 5.10 Å². The Morgan fingerprint density at radius 3 is 2.90 bits per heavy atom. The van der Waals surface area contributed by atoms with E-state index in [0.717, 1.165) is 32.9 Å². The van der Waals surface area contributed by atoms with Crippen LogP contribution in [-0.2, 0) is 11.2 Å². The third kappa shape index (κ3) is 3.05. The summed E-state index contributed by atoms with van der Waals surface area (Å²) in [6.45, 7) is 0. The Balaban J connectivity index is 1.21. The molecule has 4 atom stereocenters. The minimum absolute atomic E-state index is 0.488. The zero-order valence-electron chi connectivity index (χ0n) is 16.5. The summed E-state index contributed by atoms with van der Waals surface area (Å²) in [5.74, 6) is 0. The van der Waals surface area contributed by atoms with Gasteiger partial charge in [-0.2, -0.15) is 5.10 Å². The number of hydrogen-bond donors (Lipinski definition) is 3. The van der Waals surface area contributed by atoms with Crippen LogP contribution in [0.4, 0.5) is 0 Å². The van der Waals surface area contributed by atoms with Crippen LogP contribution in [0.5, 0.6) is 0 Å². The molecule has 0 spiro atoms. The molecule has 1 fully saturated rings. The standard InChI is InChI=1S/C22H20N6O3/c29-18-17(31-22(19(18)30)28-6-5-14-9-23-11-24-21(14)28)4-2-12-1-3-13-8-15-10-25-27-20(15)26-16(13)7-12/h1,3,5-11,17-19,22,29-30H,2,4H2,(H,25,26,27)/t17-,18-,19-,22-/m1/s1. The van der Waals surface area contributed by atoms with Crippen LogP contribution in [0.2, 0.25) is 0 Å². The summed E-state index contributed by atoms with van der Waals surface area (Å²) in [4.78, 5) is 12.9. The molecule has 5 aromatic rings. The Labute approximate surface area is 176 Å². The number of nitrogens with zero attached hydrogens (tertiary/aromatic N) is 5. The van der Waals surface area contributed by atoms with E-state index >= 15 is 0 Å². The van der Waals surface area contributed by atoms with Gasteiger partial charge in [0.05, 0.1) is 17.8 Å². The molecule has 5 heterocycles. The summed E-state index contributed by atoms with van der Waals surface area (Å²) in [5.41, 5.74) is 3.40. The molecule has 1 saturated heterocycles. The molecule has 1 aliphatic rings. The highest BCUT2D eigenvalue weighted by molar-refractivity contribution is 5.91. The van der Waals surface area contributed by atoms with E-state index in [-0.39, 0.29) is 0 Å². The summed E-state index contributed by atoms with van der Waals surface area (Å²) in [7, 11) is 0. The molecule has 0 amide bonds. The average Bonchev–Trinajstić information content (AvgIpc) is 3.49. The molecule has 156 valence electrons. The van der Waals surface area contributed by atoms with Crippen LogP contribution in [0.1, 0.15) is 18.2 Å². The Morgan fingerprint density at radius 2 is 1.97 bits per heavy atom. The lowest BCUT2D eigenvalue weighted by atomic mass is 10.0. The number of fused-ring (bicyclic) bond motifs is 3. The summed E-state index contributed by atoms with van der Waals surface area (Å²) in [6.07, 6.45) is 4.78. The summed E-state index contributed by atoms with van der Waals surface area (Å²) < 4.78 is 7.82. The number of hydrogen-bond acceptors (Lipinski definition) is 7. The van der Waals surface area contributed by atoms with E-state index in [1.165, 1.54) is 6.33 Å². The Bertz CT molecular complexity index is 1400. The molecule has 0 saturated carbocycles. The molecule has 0 aliphatic carbocycles. The SMILES string of the molecule is O[C@@H]1[C@H](O)[C@@H](CCc2ccc3cc4cn[nH]c4nc3c2)O[C@H]1n1ccc2cncnc21. The third-order valence-electron chi connectivity index (χ3n) is 5.99. The first-order valence-corrected chi connectivity index (χ1v) is 10.2. The number of ether oxygens (including phenoxy) is 1. The van der Waals surface area contributed by atoms with Crippen LogP contribution in [0.15, 0.2) is 55.2 Å². The fourth-order valence-corrected chi connectivity index (χ4v) is 4.35. The van der Waals surface area contributed by atoms with Gasteiger partial charge in [-0.1, -0.05) is 12.1 Å². The van der Waals surface area contributed by atoms with E-state index in [4.69, 9.17) is 4.74 Å². The summed E-state index contributed by atoms with van der Waals surface area (Å²) in [5, 5.41) is 31.0. The van der Waals surface area contributed by atoms with Crippen LogP contribution >= 0.6 is 0 Å². The van der Waals surface area contributed by atoms with Gasteiger partial charge in [-0.25, -0.2) is 15.0 Å². The molecule has 0 unspecified atom stereocenters. The maximum Gasteiger partial charge on any atom is 0.164 e. The molecule has 3 N–H and O–H groups in total. The highest BCUT2D eigenvalue weighted by atomic mass is 16.6. The number of aromatic amines is 1. The van der Waals surface area contributed by atoms with Crippen molar-refractivity contribution < 1.29 is 14.9 Å². The van der Waals surface area contributed by atoms with Crippen molar-refractivity contribution >= 4 is 33.0 Å². The molecule has 31 heavy (non-hydrogen) atoms. The smallest absolute Gasteiger partial charge is 0.164 e. The number of rotatable bonds is 4. The van der Waals surface area contributed by atoms with Gasteiger partial charge in [-0.15, -0.1) is 0 Å². The van der Waals surface area contributed by atoms with Gasteiger partial charge in [0.15, 0.2) is 11.9 Å². The molecular formula is C22H20N6O3. The maximum absolute atomic E-state index is 10.6. The predicted octanol–water partition coefficient (Wildman–Crippen LogP) is 2.11. The topological polar surface area (TPSA) is 122 Å². The van der Waals surface area contributed by atoms with E-state index in [1.807, 2.05) is 18.2 Å². The molecule has 9 heteroatoms. The molecule has 0 bridgehead atoms. The fourth-order valence-electron chi connectivity index (χ4n) is 4.35. The normalized spacial score (nSPS) is 23.9. The first-order chi connectivity index (χ1) is 15.2. The Morgan fingerprint density at radius 1 is 1.03 bits per heavy atom. The third-order valence-corrected chi connectivity index (χ3v) is 5.99. The largest absolute Gasteiger partial charge is 0.388 e. The van der Waals surface area contributed by atoms with Crippen LogP contribution in [0.3, 0.4) is 0 Å². The van der Waals surface area contributed by atoms with Crippen molar-refractivity contribution in [3.63, 3.8) is 0 Å². The quantitative estimate of drug-likeness (QED) is 0.410. The number of aryl methyl sites for hydroxylation is 1. The number of aliphatic hydroxyl groups excluding tert-OH is 2. The second-order valence-electron chi connectivity index (χ2n) is 7.93. The van der Waals surface area contributed by atoms with Crippen LogP contribution in [0.25, 0.3) is 33.0 Å². The molecule has 1 aromatic carbocycles. The van der Waals surface area contributed by atoms with Gasteiger partial charge < -0.3 is 19.5 Å². The minimum Gasteiger partial charge on any atom is -0.388 e. The fraction of sp³-hybridized carbons (Fsp3) is 0.273. The van der Waals surface area contributed by atoms with Gasteiger partial charge in [0.2, 0.25) is 0 Å². The number of pyridine rings is 1. The van der Waals surface area contributed by atoms with Crippen molar-refractivity contribution in [2.75, 3.05) is 0 Å². The zero-order chi connectivity index (χ0) is 20.9. The van der Waals surface area contributed by atoms with Crippen molar-refractivity contribution in [1.29, 1.82) is 0 Å². The predicted molar refractivity (Wildman–Crippen MR) is 113 cm³/mol. The first kappa shape index (κ1) is 18.4. The lowest BCUT2D eigenvalue weighted by molar-refractivity contribution is -0.0364. The van der Waals surface area contributed by atoms with Gasteiger partial charge in [0.25, 0.3) is 0 Å². The van der Waals surface area contributed by atoms with Gasteiger partial charge in [0.1, 0.15) is 24.2 Å². The molecule has 9 nitrogen and oxygen atoms in total. The Hall–Kier alpha value is -3.40. The number of nitrogens with one attached hydrogen (secondary N) is 1. The van der Waals surface area contributed by atoms with Crippen LogP contribution in [0, 0.1) is 0 Å². The van der Waals surface area contributed by atoms with Crippen molar-refractivity contribution in [3.05, 3.63) is 60.8 Å². The molecule has 6 rings (SSSR count). The van der Waals surface area contributed by atoms with E-state index in [0.29, 0.717) is 18.5 Å². The Kier molecular flexibility index (Phi) is 4.20. The van der Waals surface area contributed by atoms with E-state index < -0.39 is 24.5 Å². The monoisotopic (exact) mass is 416 g/mol. The van der Waals surface area contributed by atoms with Crippen LogP contribution in [-0.4, -0.2) is 58.2 Å². The number of aliphatic hydroxyl groups is 2. The lowest BCUT2D eigenvalue weighted by Crippen LogP contribution is -2.31. The molecular weight excluding hydrogens is 396 g/mol. The van der Waals surface area contributed by atoms with Crippen molar-refractivity contribution in [3.8, 4) is 0 Å². The van der Waals surface area contributed by atoms with Crippen LogP contribution < -0.4 is 0 Å². The van der Waals surface area contributed by atoms with Crippen molar-refractivity contribution in [1.82, 2.24) is 29.7 Å². The van der Waals surface area contributed by atoms with Crippen molar-refractivity contribution in [2.45, 2.75) is 37.4 Å². The minimum atomic E-state index is -1.04. The number of aromatic nitrogens is 6. The van der Waals surface area contributed by atoms with Gasteiger partial charge in [0, 0.05) is 28.6 Å². The summed E-state index contributed by atoms with van der Waals surface area (Å²) in [6, 6.07) is 10.1. The van der Waals surface area contributed by atoms with Crippen molar-refractivity contribution in [2.24, 2.45) is 0 Å². The lowest BCUT2D eigenvalue weighted by Gasteiger charge is -2.17. The summed E-state index contributed by atoms with van der Waals surface area (Å²) >= 11 is 0. The van der Waals surface area contributed by atoms with E-state index in [2.05, 4.69) is 37.3 Å². The first-order valence-electron chi connectivity index (χ1n) is 10.2. The zero-order valence-corrected chi connectivity index (χ0v) is 16.5. The van der Waals surface area contributed by atoms with E-state index in [9.17, 15) is 10.2 Å². The highest BCUT2D eigenvalue weighted by Crippen LogP contribution is 2.34. The second kappa shape index (κ2) is 7.09.